The lowest BCUT2D eigenvalue weighted by molar-refractivity contribution is -0.118. The fraction of sp³-hybridized carbons (Fsp3) is 0.188. The summed E-state index contributed by atoms with van der Waals surface area (Å²) < 4.78 is 1.41. The third-order valence-corrected chi connectivity index (χ3v) is 5.45. The van der Waals surface area contributed by atoms with Gasteiger partial charge in [-0.15, -0.1) is 21.5 Å². The molecule has 0 fully saturated rings. The van der Waals surface area contributed by atoms with Crippen molar-refractivity contribution in [3.05, 3.63) is 52.4 Å². The Labute approximate surface area is 158 Å². The van der Waals surface area contributed by atoms with E-state index in [9.17, 15) is 4.79 Å². The zero-order chi connectivity index (χ0) is 17.6. The fourth-order valence-electron chi connectivity index (χ4n) is 2.13. The molecule has 0 spiro atoms. The molecule has 3 rings (SSSR count). The average Bonchev–Trinajstić information content (AvgIpc) is 3.24. The largest absolute Gasteiger partial charge is 0.355 e. The maximum Gasteiger partial charge on any atom is 0.230 e. The highest BCUT2D eigenvalue weighted by Crippen LogP contribution is 2.24. The molecule has 3 aromatic rings. The van der Waals surface area contributed by atoms with Crippen molar-refractivity contribution in [2.45, 2.75) is 11.6 Å². The average molecular weight is 394 g/mol. The number of aromatic nitrogens is 3. The number of nitrogens with one attached hydrogen (secondary N) is 1. The number of amides is 1. The molecule has 6 nitrogen and oxygen atoms in total. The van der Waals surface area contributed by atoms with Crippen molar-refractivity contribution in [3.63, 3.8) is 0 Å². The van der Waals surface area contributed by atoms with Gasteiger partial charge in [0.1, 0.15) is 0 Å². The standard InChI is InChI=1S/C16H16ClN5OS2/c17-12-5-3-11(4-6-12)7-8-19-14(23)10-25-16-21-20-15(22(16)18)13-2-1-9-24-13/h1-6,9H,7-8,10,18H2,(H,19,23). The lowest BCUT2D eigenvalue weighted by Gasteiger charge is -2.05. The highest BCUT2D eigenvalue weighted by molar-refractivity contribution is 7.99. The molecular weight excluding hydrogens is 378 g/mol. The van der Waals surface area contributed by atoms with E-state index in [4.69, 9.17) is 17.4 Å². The summed E-state index contributed by atoms with van der Waals surface area (Å²) in [5.41, 5.74) is 1.12. The first-order valence-corrected chi connectivity index (χ1v) is 9.76. The van der Waals surface area contributed by atoms with Crippen LogP contribution in [0.15, 0.2) is 46.9 Å². The van der Waals surface area contributed by atoms with E-state index >= 15 is 0 Å². The maximum atomic E-state index is 12.0. The van der Waals surface area contributed by atoms with E-state index < -0.39 is 0 Å². The summed E-state index contributed by atoms with van der Waals surface area (Å²) in [6.45, 7) is 0.566. The molecule has 0 aliphatic heterocycles. The smallest absolute Gasteiger partial charge is 0.230 e. The Kier molecular flexibility index (Phi) is 5.95. The van der Waals surface area contributed by atoms with Crippen LogP contribution in [0, 0.1) is 0 Å². The third-order valence-electron chi connectivity index (χ3n) is 3.39. The van der Waals surface area contributed by atoms with Gasteiger partial charge in [0.2, 0.25) is 11.1 Å². The minimum absolute atomic E-state index is 0.0698. The van der Waals surface area contributed by atoms with E-state index in [-0.39, 0.29) is 11.7 Å². The van der Waals surface area contributed by atoms with E-state index in [2.05, 4.69) is 15.5 Å². The van der Waals surface area contributed by atoms with Crippen molar-refractivity contribution in [2.75, 3.05) is 18.1 Å². The summed E-state index contributed by atoms with van der Waals surface area (Å²) in [6, 6.07) is 11.4. The molecule has 0 radical (unpaired) electrons. The maximum absolute atomic E-state index is 12.0. The lowest BCUT2D eigenvalue weighted by Crippen LogP contribution is -2.27. The predicted molar refractivity (Wildman–Crippen MR) is 102 cm³/mol. The number of benzene rings is 1. The summed E-state index contributed by atoms with van der Waals surface area (Å²) in [5, 5.41) is 14.2. The van der Waals surface area contributed by atoms with Crippen LogP contribution in [0.1, 0.15) is 5.56 Å². The summed E-state index contributed by atoms with van der Waals surface area (Å²) >= 11 is 8.65. The molecule has 0 atom stereocenters. The Bertz CT molecular complexity index is 833. The van der Waals surface area contributed by atoms with Crippen LogP contribution < -0.4 is 11.2 Å². The van der Waals surface area contributed by atoms with Crippen LogP contribution in [0.25, 0.3) is 10.7 Å². The number of carbonyl (C=O) groups excluding carboxylic acids is 1. The molecule has 130 valence electrons. The molecular formula is C16H16ClN5OS2. The second-order valence-electron chi connectivity index (χ2n) is 5.17. The van der Waals surface area contributed by atoms with Crippen LogP contribution in [0.3, 0.4) is 0 Å². The number of nitrogens with zero attached hydrogens (tertiary/aromatic N) is 3. The number of nitrogens with two attached hydrogens (primary N) is 1. The molecule has 9 heteroatoms. The van der Waals surface area contributed by atoms with Crippen molar-refractivity contribution in [1.29, 1.82) is 0 Å². The number of rotatable bonds is 7. The van der Waals surface area contributed by atoms with Crippen molar-refractivity contribution in [2.24, 2.45) is 0 Å². The van der Waals surface area contributed by atoms with E-state index in [1.807, 2.05) is 41.8 Å². The number of nitrogen functional groups attached to an aromatic ring is 1. The van der Waals surface area contributed by atoms with Gasteiger partial charge in [-0.1, -0.05) is 41.6 Å². The normalized spacial score (nSPS) is 10.8. The molecule has 0 saturated carbocycles. The second-order valence-corrected chi connectivity index (χ2v) is 7.50. The zero-order valence-electron chi connectivity index (χ0n) is 13.2. The van der Waals surface area contributed by atoms with Crippen molar-refractivity contribution >= 4 is 40.6 Å². The first-order chi connectivity index (χ1) is 12.1. The minimum atomic E-state index is -0.0698. The van der Waals surface area contributed by atoms with Gasteiger partial charge in [0.05, 0.1) is 10.6 Å². The molecule has 25 heavy (non-hydrogen) atoms. The Morgan fingerprint density at radius 2 is 2.08 bits per heavy atom. The molecule has 0 saturated heterocycles. The topological polar surface area (TPSA) is 85.8 Å². The van der Waals surface area contributed by atoms with Crippen LogP contribution in [0.4, 0.5) is 0 Å². The van der Waals surface area contributed by atoms with E-state index in [1.165, 1.54) is 27.8 Å². The minimum Gasteiger partial charge on any atom is -0.355 e. The van der Waals surface area contributed by atoms with Gasteiger partial charge >= 0.3 is 0 Å². The number of thiophene rings is 1. The summed E-state index contributed by atoms with van der Waals surface area (Å²) in [4.78, 5) is 12.9. The zero-order valence-corrected chi connectivity index (χ0v) is 15.6. The molecule has 0 bridgehead atoms. The quantitative estimate of drug-likeness (QED) is 0.476. The number of hydrogen-bond donors (Lipinski definition) is 2. The first-order valence-electron chi connectivity index (χ1n) is 7.52. The number of thioether (sulfide) groups is 1. The molecule has 0 aliphatic rings. The summed E-state index contributed by atoms with van der Waals surface area (Å²) in [6.07, 6.45) is 0.753. The monoisotopic (exact) mass is 393 g/mol. The van der Waals surface area contributed by atoms with E-state index in [0.717, 1.165) is 16.9 Å². The molecule has 0 unspecified atom stereocenters. The van der Waals surface area contributed by atoms with Gasteiger partial charge in [0, 0.05) is 11.6 Å². The van der Waals surface area contributed by atoms with Gasteiger partial charge in [-0.05, 0) is 35.6 Å². The third kappa shape index (κ3) is 4.75. The Morgan fingerprint density at radius 3 is 2.80 bits per heavy atom. The van der Waals surface area contributed by atoms with Gasteiger partial charge in [0.15, 0.2) is 5.82 Å². The van der Waals surface area contributed by atoms with Crippen LogP contribution in [-0.2, 0) is 11.2 Å². The van der Waals surface area contributed by atoms with E-state index in [1.54, 1.807) is 0 Å². The van der Waals surface area contributed by atoms with Crippen LogP contribution in [0.2, 0.25) is 5.02 Å². The van der Waals surface area contributed by atoms with Crippen LogP contribution in [-0.4, -0.2) is 33.1 Å². The highest BCUT2D eigenvalue weighted by Gasteiger charge is 2.14. The molecule has 2 aromatic heterocycles. The second kappa shape index (κ2) is 8.37. The summed E-state index contributed by atoms with van der Waals surface area (Å²) in [5.74, 6) is 6.77. The van der Waals surface area contributed by atoms with Gasteiger partial charge in [-0.25, -0.2) is 4.68 Å². The van der Waals surface area contributed by atoms with Crippen molar-refractivity contribution in [3.8, 4) is 10.7 Å². The van der Waals surface area contributed by atoms with Crippen LogP contribution in [0.5, 0.6) is 0 Å². The molecule has 1 amide bonds. The number of halogens is 1. The Balaban J connectivity index is 1.45. The fourth-order valence-corrected chi connectivity index (χ4v) is 3.65. The highest BCUT2D eigenvalue weighted by atomic mass is 35.5. The summed E-state index contributed by atoms with van der Waals surface area (Å²) in [7, 11) is 0. The SMILES string of the molecule is Nn1c(SCC(=O)NCCc2ccc(Cl)cc2)nnc1-c1cccs1. The first kappa shape index (κ1) is 17.8. The Hall–Kier alpha value is -2.03. The predicted octanol–water partition coefficient (Wildman–Crippen LogP) is 2.82. The molecule has 1 aromatic carbocycles. The van der Waals surface area contributed by atoms with Crippen molar-refractivity contribution in [1.82, 2.24) is 20.2 Å². The molecule has 2 heterocycles. The van der Waals surface area contributed by atoms with Crippen LogP contribution >= 0.6 is 34.7 Å². The molecule has 3 N–H and O–H groups in total. The number of hydrogen-bond acceptors (Lipinski definition) is 6. The van der Waals surface area contributed by atoms with Gasteiger partial charge in [-0.2, -0.15) is 0 Å². The van der Waals surface area contributed by atoms with Crippen molar-refractivity contribution < 1.29 is 4.79 Å². The Morgan fingerprint density at radius 1 is 1.28 bits per heavy atom. The van der Waals surface area contributed by atoms with E-state index in [0.29, 0.717) is 22.5 Å². The van der Waals surface area contributed by atoms with Gasteiger partial charge in [-0.3, -0.25) is 4.79 Å². The van der Waals surface area contributed by atoms with Gasteiger partial charge in [0.25, 0.3) is 0 Å². The molecule has 0 aliphatic carbocycles. The van der Waals surface area contributed by atoms with Gasteiger partial charge < -0.3 is 11.2 Å². The number of carbonyl (C=O) groups is 1. The lowest BCUT2D eigenvalue weighted by atomic mass is 10.1.